The molecule has 7 nitrogen and oxygen atoms in total. The number of pyridine rings is 1. The van der Waals surface area contributed by atoms with Gasteiger partial charge in [0.25, 0.3) is 0 Å². The fraction of sp³-hybridized carbons (Fsp3) is 0.250. The third-order valence-electron chi connectivity index (χ3n) is 4.38. The van der Waals surface area contributed by atoms with Gasteiger partial charge in [-0.2, -0.15) is 13.2 Å². The molecule has 0 amide bonds. The molecule has 4 N–H and O–H groups in total. The first-order chi connectivity index (χ1) is 14.1. The summed E-state index contributed by atoms with van der Waals surface area (Å²) in [5.74, 6) is -0.189. The largest absolute Gasteiger partial charge is 0.433 e. The van der Waals surface area contributed by atoms with E-state index in [-0.39, 0.29) is 11.6 Å². The normalized spacial score (nSPS) is 12.1. The molecule has 2 heterocycles. The molecule has 30 heavy (non-hydrogen) atoms. The van der Waals surface area contributed by atoms with Crippen molar-refractivity contribution in [2.24, 2.45) is 0 Å². The zero-order valence-electron chi connectivity index (χ0n) is 15.9. The van der Waals surface area contributed by atoms with Gasteiger partial charge in [-0.3, -0.25) is 4.98 Å². The van der Waals surface area contributed by atoms with Gasteiger partial charge in [-0.25, -0.2) is 9.97 Å². The number of rotatable bonds is 6. The van der Waals surface area contributed by atoms with Gasteiger partial charge in [0.15, 0.2) is 5.60 Å². The number of aliphatic hydroxyl groups excluding tert-OH is 2. The molecule has 0 unspecified atom stereocenters. The van der Waals surface area contributed by atoms with Gasteiger partial charge in [0, 0.05) is 23.6 Å². The maximum Gasteiger partial charge on any atom is 0.433 e. The number of benzene rings is 1. The third kappa shape index (κ3) is 4.73. The van der Waals surface area contributed by atoms with Crippen molar-refractivity contribution < 1.29 is 28.5 Å². The van der Waals surface area contributed by atoms with Gasteiger partial charge < -0.3 is 20.6 Å². The minimum Gasteiger partial charge on any atom is -0.393 e. The minimum atomic E-state index is -4.57. The van der Waals surface area contributed by atoms with E-state index in [2.05, 4.69) is 20.3 Å². The average molecular weight is 420 g/mol. The summed E-state index contributed by atoms with van der Waals surface area (Å²) in [4.78, 5) is 11.4. The predicted molar refractivity (Wildman–Crippen MR) is 103 cm³/mol. The molecule has 158 valence electrons. The van der Waals surface area contributed by atoms with Gasteiger partial charge >= 0.3 is 6.18 Å². The molecule has 0 atom stereocenters. The van der Waals surface area contributed by atoms with Crippen LogP contribution in [0.2, 0.25) is 0 Å². The van der Waals surface area contributed by atoms with Crippen molar-refractivity contribution in [3.8, 4) is 11.1 Å². The van der Waals surface area contributed by atoms with E-state index in [4.69, 9.17) is 0 Å². The minimum absolute atomic E-state index is 0.111. The Morgan fingerprint density at radius 2 is 1.67 bits per heavy atom. The van der Waals surface area contributed by atoms with E-state index in [0.29, 0.717) is 16.8 Å². The quantitative estimate of drug-likeness (QED) is 0.485. The van der Waals surface area contributed by atoms with Gasteiger partial charge in [-0.05, 0) is 42.3 Å². The molecule has 0 radical (unpaired) electrons. The Morgan fingerprint density at radius 3 is 2.27 bits per heavy atom. The highest BCUT2D eigenvalue weighted by Crippen LogP contribution is 2.30. The molecule has 0 spiro atoms. The Labute approximate surface area is 169 Å². The summed E-state index contributed by atoms with van der Waals surface area (Å²) >= 11 is 0. The van der Waals surface area contributed by atoms with Crippen LogP contribution < -0.4 is 5.32 Å². The molecule has 3 rings (SSSR count). The Bertz CT molecular complexity index is 1020. The highest BCUT2D eigenvalue weighted by Gasteiger charge is 2.33. The van der Waals surface area contributed by atoms with Crippen molar-refractivity contribution in [1.29, 1.82) is 0 Å². The van der Waals surface area contributed by atoms with Gasteiger partial charge in [0.1, 0.15) is 5.69 Å². The molecule has 0 aliphatic heterocycles. The molecule has 0 aliphatic carbocycles. The highest BCUT2D eigenvalue weighted by atomic mass is 19.4. The smallest absolute Gasteiger partial charge is 0.393 e. The first kappa shape index (κ1) is 21.6. The van der Waals surface area contributed by atoms with Gasteiger partial charge in [0.2, 0.25) is 5.95 Å². The standard InChI is InChI=1S/C20H19F3N4O3/c1-12-6-14(13-2-3-16(25-9-13)19(30,10-28)11-29)8-15(7-12)26-18-24-5-4-17(27-18)20(21,22)23/h2-9,28-30H,10-11H2,1H3,(H,24,26,27). The number of aromatic nitrogens is 3. The first-order valence-electron chi connectivity index (χ1n) is 8.84. The molecule has 0 fully saturated rings. The second-order valence-electron chi connectivity index (χ2n) is 6.76. The highest BCUT2D eigenvalue weighted by molar-refractivity contribution is 5.70. The lowest BCUT2D eigenvalue weighted by Crippen LogP contribution is -2.35. The van der Waals surface area contributed by atoms with E-state index in [1.54, 1.807) is 18.2 Å². The summed E-state index contributed by atoms with van der Waals surface area (Å²) in [6, 6.07) is 9.19. The maximum atomic E-state index is 12.8. The van der Waals surface area contributed by atoms with Crippen LogP contribution >= 0.6 is 0 Å². The van der Waals surface area contributed by atoms with Crippen LogP contribution in [-0.4, -0.2) is 43.5 Å². The summed E-state index contributed by atoms with van der Waals surface area (Å²) < 4.78 is 38.5. The number of aliphatic hydroxyl groups is 3. The topological polar surface area (TPSA) is 111 Å². The second-order valence-corrected chi connectivity index (χ2v) is 6.76. The number of nitrogens with one attached hydrogen (secondary N) is 1. The molecule has 2 aromatic heterocycles. The summed E-state index contributed by atoms with van der Waals surface area (Å²) in [5.41, 5.74) is -0.108. The van der Waals surface area contributed by atoms with Crippen LogP contribution in [0.25, 0.3) is 11.1 Å². The third-order valence-corrected chi connectivity index (χ3v) is 4.38. The molecule has 0 saturated carbocycles. The Morgan fingerprint density at radius 1 is 0.933 bits per heavy atom. The number of nitrogens with zero attached hydrogens (tertiary/aromatic N) is 3. The number of hydrogen-bond donors (Lipinski definition) is 4. The van der Waals surface area contributed by atoms with Crippen LogP contribution in [0.4, 0.5) is 24.8 Å². The fourth-order valence-corrected chi connectivity index (χ4v) is 2.78. The molecule has 0 saturated heterocycles. The van der Waals surface area contributed by atoms with Crippen LogP contribution in [0.5, 0.6) is 0 Å². The summed E-state index contributed by atoms with van der Waals surface area (Å²) in [7, 11) is 0. The average Bonchev–Trinajstić information content (AvgIpc) is 2.72. The lowest BCUT2D eigenvalue weighted by Gasteiger charge is -2.22. The first-order valence-corrected chi connectivity index (χ1v) is 8.84. The zero-order chi connectivity index (χ0) is 21.9. The van der Waals surface area contributed by atoms with E-state index in [9.17, 15) is 28.5 Å². The van der Waals surface area contributed by atoms with E-state index < -0.39 is 30.7 Å². The number of hydrogen-bond acceptors (Lipinski definition) is 7. The molecule has 10 heteroatoms. The predicted octanol–water partition coefficient (Wildman–Crippen LogP) is 2.78. The van der Waals surface area contributed by atoms with Crippen LogP contribution in [0.15, 0.2) is 48.8 Å². The lowest BCUT2D eigenvalue weighted by molar-refractivity contribution is -0.141. The number of alkyl halides is 3. The van der Waals surface area contributed by atoms with E-state index in [0.717, 1.165) is 17.8 Å². The summed E-state index contributed by atoms with van der Waals surface area (Å²) in [6.07, 6.45) is -2.08. The molecule has 1 aromatic carbocycles. The number of halogens is 3. The molecule has 0 aliphatic rings. The number of anilines is 2. The van der Waals surface area contributed by atoms with E-state index in [1.807, 2.05) is 13.0 Å². The van der Waals surface area contributed by atoms with E-state index in [1.165, 1.54) is 12.3 Å². The van der Waals surface area contributed by atoms with Crippen molar-refractivity contribution >= 4 is 11.6 Å². The molecular formula is C20H19F3N4O3. The van der Waals surface area contributed by atoms with Crippen LogP contribution in [0, 0.1) is 6.92 Å². The summed E-state index contributed by atoms with van der Waals surface area (Å²) in [5, 5.41) is 31.4. The van der Waals surface area contributed by atoms with Crippen molar-refractivity contribution in [3.05, 3.63) is 65.7 Å². The second kappa shape index (κ2) is 8.34. The zero-order valence-corrected chi connectivity index (χ0v) is 15.9. The van der Waals surface area contributed by atoms with E-state index >= 15 is 0 Å². The van der Waals surface area contributed by atoms with Crippen molar-refractivity contribution in [2.45, 2.75) is 18.7 Å². The SMILES string of the molecule is Cc1cc(Nc2nccc(C(F)(F)F)n2)cc(-c2ccc(C(O)(CO)CO)nc2)c1. The molecule has 3 aromatic rings. The Hall–Kier alpha value is -3.08. The Kier molecular flexibility index (Phi) is 6.01. The Balaban J connectivity index is 1.89. The molecule has 0 bridgehead atoms. The monoisotopic (exact) mass is 420 g/mol. The van der Waals surface area contributed by atoms with Gasteiger partial charge in [-0.15, -0.1) is 0 Å². The lowest BCUT2D eigenvalue weighted by atomic mass is 9.99. The van der Waals surface area contributed by atoms with Crippen molar-refractivity contribution in [1.82, 2.24) is 15.0 Å². The van der Waals surface area contributed by atoms with Gasteiger partial charge in [-0.1, -0.05) is 12.1 Å². The van der Waals surface area contributed by atoms with Crippen LogP contribution in [-0.2, 0) is 11.8 Å². The van der Waals surface area contributed by atoms with Crippen molar-refractivity contribution in [2.75, 3.05) is 18.5 Å². The molecular weight excluding hydrogens is 401 g/mol. The number of aryl methyl sites for hydroxylation is 1. The maximum absolute atomic E-state index is 12.8. The van der Waals surface area contributed by atoms with Crippen LogP contribution in [0.3, 0.4) is 0 Å². The van der Waals surface area contributed by atoms with Gasteiger partial charge in [0.05, 0.1) is 18.9 Å². The van der Waals surface area contributed by atoms with Crippen LogP contribution in [0.1, 0.15) is 17.0 Å². The fourth-order valence-electron chi connectivity index (χ4n) is 2.78. The summed E-state index contributed by atoms with van der Waals surface area (Å²) in [6.45, 7) is 0.441. The van der Waals surface area contributed by atoms with Crippen molar-refractivity contribution in [3.63, 3.8) is 0 Å².